The second-order valence-corrected chi connectivity index (χ2v) is 8.09. The quantitative estimate of drug-likeness (QED) is 0.727. The number of carbonyl (C=O) groups is 3. The van der Waals surface area contributed by atoms with Crippen molar-refractivity contribution in [1.29, 1.82) is 0 Å². The molecule has 0 aromatic heterocycles. The van der Waals surface area contributed by atoms with Gasteiger partial charge in [0.1, 0.15) is 5.60 Å². The first-order chi connectivity index (χ1) is 13.1. The molecule has 0 aliphatic heterocycles. The van der Waals surface area contributed by atoms with Crippen LogP contribution in [0.5, 0.6) is 0 Å². The third-order valence-corrected chi connectivity index (χ3v) is 4.38. The van der Waals surface area contributed by atoms with E-state index in [0.717, 1.165) is 31.2 Å². The summed E-state index contributed by atoms with van der Waals surface area (Å²) in [4.78, 5) is 36.0. The number of carbonyl (C=O) groups excluding carboxylic acids is 3. The lowest BCUT2D eigenvalue weighted by Crippen LogP contribution is -2.40. The zero-order chi connectivity index (χ0) is 20.7. The minimum atomic E-state index is -0.846. The summed E-state index contributed by atoms with van der Waals surface area (Å²) in [5.41, 5.74) is 0.606. The number of benzene rings is 1. The molecule has 0 saturated heterocycles. The van der Waals surface area contributed by atoms with E-state index in [0.29, 0.717) is 5.56 Å². The molecule has 7 nitrogen and oxygen atoms in total. The van der Waals surface area contributed by atoms with Crippen molar-refractivity contribution in [2.24, 2.45) is 0 Å². The van der Waals surface area contributed by atoms with Gasteiger partial charge >= 0.3 is 12.1 Å². The van der Waals surface area contributed by atoms with Crippen LogP contribution in [0.3, 0.4) is 0 Å². The molecular weight excluding hydrogens is 360 g/mol. The number of ether oxygens (including phenoxy) is 2. The van der Waals surface area contributed by atoms with Crippen molar-refractivity contribution in [3.63, 3.8) is 0 Å². The van der Waals surface area contributed by atoms with E-state index in [4.69, 9.17) is 9.47 Å². The van der Waals surface area contributed by atoms with Crippen molar-refractivity contribution in [1.82, 2.24) is 10.6 Å². The minimum absolute atomic E-state index is 0.186. The van der Waals surface area contributed by atoms with Crippen molar-refractivity contribution in [2.75, 3.05) is 0 Å². The molecule has 2 rings (SSSR count). The SMILES string of the molecule is CC(OC(=O)c1ccc(CNC(=O)OC(C)(C)C)cc1)C(=O)NC1CCCC1. The lowest BCUT2D eigenvalue weighted by atomic mass is 10.1. The van der Waals surface area contributed by atoms with Gasteiger partial charge in [0, 0.05) is 12.6 Å². The van der Waals surface area contributed by atoms with Crippen molar-refractivity contribution in [3.8, 4) is 0 Å². The molecule has 1 aromatic rings. The molecule has 2 N–H and O–H groups in total. The van der Waals surface area contributed by atoms with Crippen LogP contribution >= 0.6 is 0 Å². The topological polar surface area (TPSA) is 93.7 Å². The fourth-order valence-electron chi connectivity index (χ4n) is 2.92. The van der Waals surface area contributed by atoms with Crippen LogP contribution in [0.15, 0.2) is 24.3 Å². The Bertz CT molecular complexity index is 688. The van der Waals surface area contributed by atoms with E-state index in [1.807, 2.05) is 0 Å². The number of nitrogens with one attached hydrogen (secondary N) is 2. The van der Waals surface area contributed by atoms with Gasteiger partial charge in [-0.25, -0.2) is 9.59 Å². The van der Waals surface area contributed by atoms with E-state index in [9.17, 15) is 14.4 Å². The van der Waals surface area contributed by atoms with Gasteiger partial charge in [-0.05, 0) is 58.2 Å². The number of hydrogen-bond donors (Lipinski definition) is 2. The molecule has 1 unspecified atom stereocenters. The highest BCUT2D eigenvalue weighted by atomic mass is 16.6. The maximum absolute atomic E-state index is 12.2. The van der Waals surface area contributed by atoms with Gasteiger partial charge < -0.3 is 20.1 Å². The van der Waals surface area contributed by atoms with Crippen LogP contribution in [0.2, 0.25) is 0 Å². The Kier molecular flexibility index (Phi) is 7.43. The maximum Gasteiger partial charge on any atom is 0.407 e. The largest absolute Gasteiger partial charge is 0.449 e. The lowest BCUT2D eigenvalue weighted by molar-refractivity contribution is -0.129. The highest BCUT2D eigenvalue weighted by Gasteiger charge is 2.23. The summed E-state index contributed by atoms with van der Waals surface area (Å²) in [5, 5.41) is 5.58. The molecule has 7 heteroatoms. The Labute approximate surface area is 166 Å². The summed E-state index contributed by atoms with van der Waals surface area (Å²) >= 11 is 0. The van der Waals surface area contributed by atoms with E-state index in [1.165, 1.54) is 0 Å². The normalized spacial score (nSPS) is 15.6. The first kappa shape index (κ1) is 21.7. The molecule has 1 saturated carbocycles. The standard InChI is InChI=1S/C21H30N2O5/c1-14(18(24)23-17-7-5-6-8-17)27-19(25)16-11-9-15(10-12-16)13-22-20(26)28-21(2,3)4/h9-12,14,17H,5-8,13H2,1-4H3,(H,22,26)(H,23,24). The molecule has 2 amide bonds. The third-order valence-electron chi connectivity index (χ3n) is 4.38. The molecule has 0 bridgehead atoms. The molecule has 0 spiro atoms. The van der Waals surface area contributed by atoms with Crippen LogP contribution in [-0.4, -0.2) is 35.7 Å². The summed E-state index contributed by atoms with van der Waals surface area (Å²) in [7, 11) is 0. The van der Waals surface area contributed by atoms with E-state index >= 15 is 0 Å². The molecule has 0 radical (unpaired) electrons. The van der Waals surface area contributed by atoms with Crippen molar-refractivity contribution >= 4 is 18.0 Å². The third kappa shape index (κ3) is 7.21. The van der Waals surface area contributed by atoms with Crippen molar-refractivity contribution in [2.45, 2.75) is 77.7 Å². The Balaban J connectivity index is 1.80. The number of esters is 1. The van der Waals surface area contributed by atoms with Crippen LogP contribution in [0.4, 0.5) is 4.79 Å². The van der Waals surface area contributed by atoms with Gasteiger partial charge in [-0.3, -0.25) is 4.79 Å². The molecule has 1 aromatic carbocycles. The van der Waals surface area contributed by atoms with E-state index in [1.54, 1.807) is 52.0 Å². The Morgan fingerprint density at radius 2 is 1.71 bits per heavy atom. The lowest BCUT2D eigenvalue weighted by Gasteiger charge is -2.19. The molecule has 1 aliphatic carbocycles. The van der Waals surface area contributed by atoms with E-state index in [-0.39, 0.29) is 18.5 Å². The minimum Gasteiger partial charge on any atom is -0.449 e. The van der Waals surface area contributed by atoms with Gasteiger partial charge in [-0.15, -0.1) is 0 Å². The van der Waals surface area contributed by atoms with Gasteiger partial charge in [-0.2, -0.15) is 0 Å². The molecule has 154 valence electrons. The molecule has 1 fully saturated rings. The van der Waals surface area contributed by atoms with Gasteiger partial charge in [0.15, 0.2) is 6.10 Å². The fourth-order valence-corrected chi connectivity index (χ4v) is 2.92. The molecular formula is C21H30N2O5. The Morgan fingerprint density at radius 3 is 2.29 bits per heavy atom. The van der Waals surface area contributed by atoms with Crippen LogP contribution in [0.1, 0.15) is 69.3 Å². The van der Waals surface area contributed by atoms with Crippen LogP contribution in [0.25, 0.3) is 0 Å². The summed E-state index contributed by atoms with van der Waals surface area (Å²) in [6.07, 6.45) is 2.85. The summed E-state index contributed by atoms with van der Waals surface area (Å²) in [6.45, 7) is 7.23. The van der Waals surface area contributed by atoms with Gasteiger partial charge in [0.05, 0.1) is 5.56 Å². The first-order valence-electron chi connectivity index (χ1n) is 9.71. The number of rotatable bonds is 6. The molecule has 1 atom stereocenters. The second-order valence-electron chi connectivity index (χ2n) is 8.09. The number of alkyl carbamates (subject to hydrolysis) is 1. The van der Waals surface area contributed by atoms with Gasteiger partial charge in [0.2, 0.25) is 0 Å². The smallest absolute Gasteiger partial charge is 0.407 e. The summed E-state index contributed by atoms with van der Waals surface area (Å²) in [6, 6.07) is 6.84. The van der Waals surface area contributed by atoms with Gasteiger partial charge in [0.25, 0.3) is 5.91 Å². The maximum atomic E-state index is 12.2. The predicted molar refractivity (Wildman–Crippen MR) is 105 cm³/mol. The monoisotopic (exact) mass is 390 g/mol. The predicted octanol–water partition coefficient (Wildman–Crippen LogP) is 3.32. The highest BCUT2D eigenvalue weighted by Crippen LogP contribution is 2.18. The summed E-state index contributed by atoms with van der Waals surface area (Å²) in [5.74, 6) is -0.820. The summed E-state index contributed by atoms with van der Waals surface area (Å²) < 4.78 is 10.4. The van der Waals surface area contributed by atoms with Crippen LogP contribution in [0, 0.1) is 0 Å². The van der Waals surface area contributed by atoms with Crippen LogP contribution in [-0.2, 0) is 20.8 Å². The van der Waals surface area contributed by atoms with Gasteiger partial charge in [-0.1, -0.05) is 25.0 Å². The average molecular weight is 390 g/mol. The first-order valence-corrected chi connectivity index (χ1v) is 9.71. The number of hydrogen-bond acceptors (Lipinski definition) is 5. The Hall–Kier alpha value is -2.57. The molecule has 1 aliphatic rings. The molecule has 0 heterocycles. The van der Waals surface area contributed by atoms with Crippen LogP contribution < -0.4 is 10.6 Å². The van der Waals surface area contributed by atoms with E-state index in [2.05, 4.69) is 10.6 Å². The van der Waals surface area contributed by atoms with E-state index < -0.39 is 23.8 Å². The second kappa shape index (κ2) is 9.57. The zero-order valence-corrected chi connectivity index (χ0v) is 17.0. The highest BCUT2D eigenvalue weighted by molar-refractivity contribution is 5.92. The number of amides is 2. The van der Waals surface area contributed by atoms with Crippen molar-refractivity contribution in [3.05, 3.63) is 35.4 Å². The van der Waals surface area contributed by atoms with Crippen molar-refractivity contribution < 1.29 is 23.9 Å². The molecule has 28 heavy (non-hydrogen) atoms. The average Bonchev–Trinajstić information content (AvgIpc) is 3.11. The Morgan fingerprint density at radius 1 is 1.11 bits per heavy atom. The zero-order valence-electron chi connectivity index (χ0n) is 17.0. The fraction of sp³-hybridized carbons (Fsp3) is 0.571.